The first-order chi connectivity index (χ1) is 11.7. The number of amides is 3. The molecule has 0 aliphatic carbocycles. The molecule has 0 bridgehead atoms. The van der Waals surface area contributed by atoms with E-state index < -0.39 is 0 Å². The number of likely N-dealkylation sites (tertiary alicyclic amines) is 1. The highest BCUT2D eigenvalue weighted by atomic mass is 16.5. The number of rotatable bonds is 7. The number of urea groups is 1. The molecule has 0 radical (unpaired) electrons. The first kappa shape index (κ1) is 19.0. The lowest BCUT2D eigenvalue weighted by atomic mass is 9.90. The van der Waals surface area contributed by atoms with E-state index in [1.54, 1.807) is 0 Å². The molecule has 0 aromatic carbocycles. The fourth-order valence-corrected chi connectivity index (χ4v) is 3.54. The van der Waals surface area contributed by atoms with E-state index in [9.17, 15) is 9.59 Å². The highest BCUT2D eigenvalue weighted by molar-refractivity contribution is 5.79. The fourth-order valence-electron chi connectivity index (χ4n) is 3.54. The van der Waals surface area contributed by atoms with E-state index in [1.807, 2.05) is 4.90 Å². The van der Waals surface area contributed by atoms with Crippen molar-refractivity contribution in [2.75, 3.05) is 39.6 Å². The molecule has 138 valence electrons. The standard InChI is InChI=1S/C17H31N3O4/c21-13-19-17(23)18-8-2-1-3-14-4-9-20(10-5-14)16(22)15-6-11-24-12-7-15/h14-15,21H,1-13H2,(H2,18,19,23). The first-order valence-electron chi connectivity index (χ1n) is 9.19. The highest BCUT2D eigenvalue weighted by Gasteiger charge is 2.29. The molecule has 2 aliphatic heterocycles. The zero-order chi connectivity index (χ0) is 17.2. The van der Waals surface area contributed by atoms with Crippen molar-refractivity contribution in [3.63, 3.8) is 0 Å². The average Bonchev–Trinajstić information content (AvgIpc) is 2.62. The second kappa shape index (κ2) is 10.5. The van der Waals surface area contributed by atoms with Gasteiger partial charge in [-0.25, -0.2) is 4.79 Å². The summed E-state index contributed by atoms with van der Waals surface area (Å²) in [5, 5.41) is 13.5. The van der Waals surface area contributed by atoms with Crippen LogP contribution in [0.2, 0.25) is 0 Å². The van der Waals surface area contributed by atoms with E-state index in [0.717, 1.165) is 71.2 Å². The highest BCUT2D eigenvalue weighted by Crippen LogP contribution is 2.25. The molecule has 0 spiro atoms. The van der Waals surface area contributed by atoms with Crippen LogP contribution in [0.25, 0.3) is 0 Å². The monoisotopic (exact) mass is 341 g/mol. The van der Waals surface area contributed by atoms with Gasteiger partial charge in [-0.2, -0.15) is 0 Å². The Bertz CT molecular complexity index is 391. The number of hydrogen-bond acceptors (Lipinski definition) is 4. The van der Waals surface area contributed by atoms with E-state index in [-0.39, 0.29) is 18.7 Å². The zero-order valence-corrected chi connectivity index (χ0v) is 14.5. The zero-order valence-electron chi connectivity index (χ0n) is 14.5. The largest absolute Gasteiger partial charge is 0.381 e. The summed E-state index contributed by atoms with van der Waals surface area (Å²) in [6, 6.07) is -0.322. The van der Waals surface area contributed by atoms with Crippen LogP contribution >= 0.6 is 0 Å². The van der Waals surface area contributed by atoms with Gasteiger partial charge in [0.15, 0.2) is 0 Å². The van der Waals surface area contributed by atoms with Crippen LogP contribution in [-0.2, 0) is 9.53 Å². The quantitative estimate of drug-likeness (QED) is 0.477. The Balaban J connectivity index is 1.54. The number of aliphatic hydroxyl groups is 1. The Kier molecular flexibility index (Phi) is 8.32. The maximum Gasteiger partial charge on any atom is 0.316 e. The molecule has 0 aromatic rings. The van der Waals surface area contributed by atoms with E-state index in [4.69, 9.17) is 9.84 Å². The molecule has 2 saturated heterocycles. The SMILES string of the molecule is O=C(NCO)NCCCCC1CCN(C(=O)C2CCOCC2)CC1. The van der Waals surface area contributed by atoms with E-state index in [0.29, 0.717) is 18.4 Å². The van der Waals surface area contributed by atoms with Crippen molar-refractivity contribution in [3.05, 3.63) is 0 Å². The first-order valence-corrected chi connectivity index (χ1v) is 9.19. The van der Waals surface area contributed by atoms with Crippen LogP contribution in [-0.4, -0.2) is 61.5 Å². The summed E-state index contributed by atoms with van der Waals surface area (Å²) in [5.74, 6) is 1.19. The maximum atomic E-state index is 12.5. The minimum atomic E-state index is -0.336. The minimum absolute atomic E-state index is 0.173. The van der Waals surface area contributed by atoms with E-state index in [1.165, 1.54) is 0 Å². The molecular formula is C17H31N3O4. The number of aliphatic hydroxyl groups excluding tert-OH is 1. The number of hydrogen-bond donors (Lipinski definition) is 3. The van der Waals surface area contributed by atoms with Gasteiger partial charge in [0.1, 0.15) is 6.73 Å². The summed E-state index contributed by atoms with van der Waals surface area (Å²) in [4.78, 5) is 25.6. The van der Waals surface area contributed by atoms with Crippen LogP contribution in [0.15, 0.2) is 0 Å². The molecule has 2 rings (SSSR count). The van der Waals surface area contributed by atoms with Gasteiger partial charge in [0.05, 0.1) is 0 Å². The molecule has 24 heavy (non-hydrogen) atoms. The molecule has 3 amide bonds. The predicted octanol–water partition coefficient (Wildman–Crippen LogP) is 1.07. The van der Waals surface area contributed by atoms with Crippen LogP contribution in [0.5, 0.6) is 0 Å². The summed E-state index contributed by atoms with van der Waals surface area (Å²) in [7, 11) is 0. The van der Waals surface area contributed by atoms with E-state index >= 15 is 0 Å². The summed E-state index contributed by atoms with van der Waals surface area (Å²) >= 11 is 0. The number of carbonyl (C=O) groups excluding carboxylic acids is 2. The van der Waals surface area contributed by atoms with Crippen LogP contribution in [0, 0.1) is 11.8 Å². The predicted molar refractivity (Wildman–Crippen MR) is 90.3 cm³/mol. The molecule has 0 unspecified atom stereocenters. The molecule has 0 aromatic heterocycles. The summed E-state index contributed by atoms with van der Waals surface area (Å²) in [6.45, 7) is 3.51. The second-order valence-corrected chi connectivity index (χ2v) is 6.74. The van der Waals surface area contributed by atoms with Crippen LogP contribution < -0.4 is 10.6 Å². The van der Waals surface area contributed by atoms with E-state index in [2.05, 4.69) is 10.6 Å². The van der Waals surface area contributed by atoms with Crippen molar-refractivity contribution in [2.45, 2.75) is 44.9 Å². The third-order valence-corrected chi connectivity index (χ3v) is 5.06. The number of piperidine rings is 1. The van der Waals surface area contributed by atoms with Crippen molar-refractivity contribution < 1.29 is 19.4 Å². The third kappa shape index (κ3) is 6.28. The molecule has 7 heteroatoms. The summed E-state index contributed by atoms with van der Waals surface area (Å²) < 4.78 is 5.33. The van der Waals surface area contributed by atoms with Crippen molar-refractivity contribution in [2.24, 2.45) is 11.8 Å². The van der Waals surface area contributed by atoms with Gasteiger partial charge in [-0.1, -0.05) is 12.8 Å². The summed E-state index contributed by atoms with van der Waals surface area (Å²) in [5.41, 5.74) is 0. The number of carbonyl (C=O) groups is 2. The normalized spacial score (nSPS) is 20.0. The molecule has 2 fully saturated rings. The van der Waals surface area contributed by atoms with Gasteiger partial charge in [-0.3, -0.25) is 4.79 Å². The van der Waals surface area contributed by atoms with Gasteiger partial charge in [0.2, 0.25) is 5.91 Å². The lowest BCUT2D eigenvalue weighted by Gasteiger charge is -2.35. The Labute approximate surface area is 144 Å². The van der Waals surface area contributed by atoms with Crippen LogP contribution in [0.4, 0.5) is 4.79 Å². The Morgan fingerprint density at radius 1 is 1.04 bits per heavy atom. The summed E-state index contributed by atoms with van der Waals surface area (Å²) in [6.07, 6.45) is 7.10. The second-order valence-electron chi connectivity index (χ2n) is 6.74. The van der Waals surface area contributed by atoms with Gasteiger partial charge < -0.3 is 25.4 Å². The fraction of sp³-hybridized carbons (Fsp3) is 0.882. The van der Waals surface area contributed by atoms with Crippen LogP contribution in [0.1, 0.15) is 44.9 Å². The van der Waals surface area contributed by atoms with Crippen LogP contribution in [0.3, 0.4) is 0 Å². The van der Waals surface area contributed by atoms with Gasteiger partial charge in [0.25, 0.3) is 0 Å². The van der Waals surface area contributed by atoms with Gasteiger partial charge in [-0.15, -0.1) is 0 Å². The molecule has 2 heterocycles. The van der Waals surface area contributed by atoms with Gasteiger partial charge in [-0.05, 0) is 38.0 Å². The molecule has 0 saturated carbocycles. The Hall–Kier alpha value is -1.34. The topological polar surface area (TPSA) is 90.9 Å². The average molecular weight is 341 g/mol. The van der Waals surface area contributed by atoms with Gasteiger partial charge in [0, 0.05) is 38.8 Å². The molecule has 7 nitrogen and oxygen atoms in total. The minimum Gasteiger partial charge on any atom is -0.381 e. The lowest BCUT2D eigenvalue weighted by Crippen LogP contribution is -2.43. The molecule has 3 N–H and O–H groups in total. The maximum absolute atomic E-state index is 12.5. The smallest absolute Gasteiger partial charge is 0.316 e. The van der Waals surface area contributed by atoms with Gasteiger partial charge >= 0.3 is 6.03 Å². The number of nitrogens with zero attached hydrogens (tertiary/aromatic N) is 1. The van der Waals surface area contributed by atoms with Crippen molar-refractivity contribution >= 4 is 11.9 Å². The Morgan fingerprint density at radius 2 is 1.75 bits per heavy atom. The number of ether oxygens (including phenoxy) is 1. The van der Waals surface area contributed by atoms with Crippen molar-refractivity contribution in [1.82, 2.24) is 15.5 Å². The van der Waals surface area contributed by atoms with Crippen molar-refractivity contribution in [1.29, 1.82) is 0 Å². The molecule has 0 atom stereocenters. The number of unbranched alkanes of at least 4 members (excludes halogenated alkanes) is 1. The molecule has 2 aliphatic rings. The lowest BCUT2D eigenvalue weighted by molar-refractivity contribution is -0.140. The molecular weight excluding hydrogens is 310 g/mol. The third-order valence-electron chi connectivity index (χ3n) is 5.06. The Morgan fingerprint density at radius 3 is 2.42 bits per heavy atom. The number of nitrogens with one attached hydrogen (secondary N) is 2. The van der Waals surface area contributed by atoms with Crippen molar-refractivity contribution in [3.8, 4) is 0 Å².